The first-order valence-electron chi connectivity index (χ1n) is 4.82. The van der Waals surface area contributed by atoms with E-state index < -0.39 is 0 Å². The molecule has 0 aliphatic heterocycles. The van der Waals surface area contributed by atoms with Crippen LogP contribution in [0.25, 0.3) is 0 Å². The molecule has 0 atom stereocenters. The zero-order valence-electron chi connectivity index (χ0n) is 7.55. The van der Waals surface area contributed by atoms with Gasteiger partial charge in [-0.05, 0) is 25.8 Å². The zero-order valence-corrected chi connectivity index (χ0v) is 7.55. The van der Waals surface area contributed by atoms with Crippen LogP contribution in [-0.2, 0) is 0 Å². The first kappa shape index (κ1) is 9.01. The largest absolute Gasteiger partial charge is 0.318 e. The van der Waals surface area contributed by atoms with Crippen LogP contribution in [-0.4, -0.2) is 24.2 Å². The molecular weight excluding hydrogens is 136 g/mol. The fraction of sp³-hybridized carbons (Fsp3) is 1.00. The number of nitrogens with zero attached hydrogens (tertiary/aromatic N) is 1. The van der Waals surface area contributed by atoms with Crippen molar-refractivity contribution >= 4 is 0 Å². The molecule has 1 saturated carbocycles. The van der Waals surface area contributed by atoms with Crippen molar-refractivity contribution in [1.82, 2.24) is 4.90 Å². The lowest BCUT2D eigenvalue weighted by atomic mass is 10.2. The van der Waals surface area contributed by atoms with E-state index in [1.165, 1.54) is 38.6 Å². The van der Waals surface area contributed by atoms with E-state index in [4.69, 9.17) is 5.73 Å². The van der Waals surface area contributed by atoms with Gasteiger partial charge in [-0.3, -0.25) is 4.90 Å². The molecule has 1 rings (SSSR count). The van der Waals surface area contributed by atoms with Crippen LogP contribution in [0, 0.1) is 0 Å². The van der Waals surface area contributed by atoms with Gasteiger partial charge in [-0.2, -0.15) is 0 Å². The van der Waals surface area contributed by atoms with Gasteiger partial charge in [0.25, 0.3) is 0 Å². The minimum Gasteiger partial charge on any atom is -0.318 e. The number of nitrogens with two attached hydrogens (primary N) is 1. The van der Waals surface area contributed by atoms with Crippen LogP contribution in [0.3, 0.4) is 0 Å². The van der Waals surface area contributed by atoms with Crippen LogP contribution in [0.5, 0.6) is 0 Å². The van der Waals surface area contributed by atoms with Crippen LogP contribution >= 0.6 is 0 Å². The van der Waals surface area contributed by atoms with E-state index in [-0.39, 0.29) is 0 Å². The van der Waals surface area contributed by atoms with Gasteiger partial charge in [-0.15, -0.1) is 0 Å². The van der Waals surface area contributed by atoms with Gasteiger partial charge < -0.3 is 5.73 Å². The highest BCUT2D eigenvalue weighted by molar-refractivity contribution is 4.75. The van der Waals surface area contributed by atoms with Crippen molar-refractivity contribution in [3.63, 3.8) is 0 Å². The summed E-state index contributed by atoms with van der Waals surface area (Å²) in [6, 6.07) is 0.806. The maximum Gasteiger partial charge on any atom is 0.0457 e. The lowest BCUT2D eigenvalue weighted by Crippen LogP contribution is -2.38. The van der Waals surface area contributed by atoms with Crippen LogP contribution in [0.4, 0.5) is 0 Å². The van der Waals surface area contributed by atoms with Crippen LogP contribution in [0.1, 0.15) is 39.0 Å². The molecule has 0 unspecified atom stereocenters. The molecule has 1 aliphatic carbocycles. The van der Waals surface area contributed by atoms with Crippen molar-refractivity contribution in [3.8, 4) is 0 Å². The Morgan fingerprint density at radius 3 is 2.45 bits per heavy atom. The van der Waals surface area contributed by atoms with E-state index in [2.05, 4.69) is 11.8 Å². The van der Waals surface area contributed by atoms with Gasteiger partial charge in [-0.1, -0.05) is 19.8 Å². The Morgan fingerprint density at radius 1 is 1.36 bits per heavy atom. The SMILES string of the molecule is CCCN(CN)C1CCCC1. The van der Waals surface area contributed by atoms with Crippen LogP contribution in [0.2, 0.25) is 0 Å². The summed E-state index contributed by atoms with van der Waals surface area (Å²) in [7, 11) is 0. The third kappa shape index (κ3) is 2.46. The lowest BCUT2D eigenvalue weighted by Gasteiger charge is -2.26. The van der Waals surface area contributed by atoms with Gasteiger partial charge in [0.2, 0.25) is 0 Å². The molecule has 1 aliphatic rings. The summed E-state index contributed by atoms with van der Waals surface area (Å²) in [5, 5.41) is 0. The molecule has 0 amide bonds. The summed E-state index contributed by atoms with van der Waals surface area (Å²) in [4.78, 5) is 2.42. The maximum absolute atomic E-state index is 5.66. The van der Waals surface area contributed by atoms with Crippen molar-refractivity contribution < 1.29 is 0 Å². The first-order valence-corrected chi connectivity index (χ1v) is 4.82. The average molecular weight is 156 g/mol. The molecule has 0 aromatic heterocycles. The number of hydrogen-bond donors (Lipinski definition) is 1. The number of hydrogen-bond acceptors (Lipinski definition) is 2. The van der Waals surface area contributed by atoms with Gasteiger partial charge in [0.05, 0.1) is 0 Å². The molecule has 66 valence electrons. The van der Waals surface area contributed by atoms with E-state index in [0.29, 0.717) is 0 Å². The summed E-state index contributed by atoms with van der Waals surface area (Å²) in [5.41, 5.74) is 5.66. The molecule has 1 fully saturated rings. The summed E-state index contributed by atoms with van der Waals surface area (Å²) in [6.45, 7) is 4.15. The Kier molecular flexibility index (Phi) is 3.87. The monoisotopic (exact) mass is 156 g/mol. The van der Waals surface area contributed by atoms with E-state index in [1.807, 2.05) is 0 Å². The quantitative estimate of drug-likeness (QED) is 0.626. The Labute approximate surface area is 69.8 Å². The first-order chi connectivity index (χ1) is 5.38. The number of rotatable bonds is 4. The Balaban J connectivity index is 2.27. The Morgan fingerprint density at radius 2 is 2.00 bits per heavy atom. The highest BCUT2D eigenvalue weighted by Gasteiger charge is 2.20. The summed E-state index contributed by atoms with van der Waals surface area (Å²) < 4.78 is 0. The maximum atomic E-state index is 5.66. The van der Waals surface area contributed by atoms with Crippen molar-refractivity contribution in [2.45, 2.75) is 45.1 Å². The summed E-state index contributed by atoms with van der Waals surface area (Å²) >= 11 is 0. The van der Waals surface area contributed by atoms with E-state index in [0.717, 1.165) is 12.7 Å². The molecule has 0 saturated heterocycles. The van der Waals surface area contributed by atoms with Gasteiger partial charge in [0.1, 0.15) is 0 Å². The predicted octanol–water partition coefficient (Wildman–Crippen LogP) is 1.56. The zero-order chi connectivity index (χ0) is 8.10. The van der Waals surface area contributed by atoms with Crippen molar-refractivity contribution in [2.75, 3.05) is 13.2 Å². The van der Waals surface area contributed by atoms with Gasteiger partial charge >= 0.3 is 0 Å². The molecule has 11 heavy (non-hydrogen) atoms. The molecule has 0 bridgehead atoms. The van der Waals surface area contributed by atoms with E-state index in [1.54, 1.807) is 0 Å². The van der Waals surface area contributed by atoms with Crippen LogP contribution < -0.4 is 5.73 Å². The van der Waals surface area contributed by atoms with Gasteiger partial charge in [0.15, 0.2) is 0 Å². The smallest absolute Gasteiger partial charge is 0.0457 e. The molecule has 2 heteroatoms. The second-order valence-electron chi connectivity index (χ2n) is 3.43. The van der Waals surface area contributed by atoms with E-state index in [9.17, 15) is 0 Å². The molecule has 0 aromatic rings. The standard InChI is InChI=1S/C9H20N2/c1-2-7-11(8-10)9-5-3-4-6-9/h9H,2-8,10H2,1H3. The highest BCUT2D eigenvalue weighted by atomic mass is 15.2. The fourth-order valence-corrected chi connectivity index (χ4v) is 1.98. The third-order valence-electron chi connectivity index (χ3n) is 2.59. The van der Waals surface area contributed by atoms with E-state index >= 15 is 0 Å². The van der Waals surface area contributed by atoms with Gasteiger partial charge in [-0.25, -0.2) is 0 Å². The van der Waals surface area contributed by atoms with Crippen molar-refractivity contribution in [2.24, 2.45) is 5.73 Å². The highest BCUT2D eigenvalue weighted by Crippen LogP contribution is 2.22. The molecule has 0 aromatic carbocycles. The van der Waals surface area contributed by atoms with Gasteiger partial charge in [0, 0.05) is 12.7 Å². The molecule has 0 spiro atoms. The third-order valence-corrected chi connectivity index (χ3v) is 2.59. The fourth-order valence-electron chi connectivity index (χ4n) is 1.98. The molecule has 2 N–H and O–H groups in total. The molecular formula is C9H20N2. The molecule has 0 radical (unpaired) electrons. The Hall–Kier alpha value is -0.0800. The Bertz CT molecular complexity index is 97.7. The van der Waals surface area contributed by atoms with Crippen molar-refractivity contribution in [1.29, 1.82) is 0 Å². The lowest BCUT2D eigenvalue weighted by molar-refractivity contribution is 0.204. The topological polar surface area (TPSA) is 29.3 Å². The second kappa shape index (κ2) is 4.73. The average Bonchev–Trinajstić information content (AvgIpc) is 2.52. The normalized spacial score (nSPS) is 19.9. The predicted molar refractivity (Wildman–Crippen MR) is 48.3 cm³/mol. The van der Waals surface area contributed by atoms with Crippen LogP contribution in [0.15, 0.2) is 0 Å². The minimum absolute atomic E-state index is 0.749. The van der Waals surface area contributed by atoms with Crippen molar-refractivity contribution in [3.05, 3.63) is 0 Å². The second-order valence-corrected chi connectivity index (χ2v) is 3.43. The summed E-state index contributed by atoms with van der Waals surface area (Å²) in [5.74, 6) is 0. The minimum atomic E-state index is 0.749. The summed E-state index contributed by atoms with van der Waals surface area (Å²) in [6.07, 6.45) is 6.79. The molecule has 0 heterocycles. The molecule has 2 nitrogen and oxygen atoms in total.